The predicted octanol–water partition coefficient (Wildman–Crippen LogP) is 3.87. The summed E-state index contributed by atoms with van der Waals surface area (Å²) < 4.78 is 0.973. The molecule has 1 aromatic carbocycles. The van der Waals surface area contributed by atoms with Gasteiger partial charge in [-0.3, -0.25) is 4.79 Å². The van der Waals surface area contributed by atoms with E-state index in [0.717, 1.165) is 28.7 Å². The average molecular weight is 369 g/mol. The van der Waals surface area contributed by atoms with Crippen LogP contribution in [0.4, 0.5) is 16.6 Å². The predicted molar refractivity (Wildman–Crippen MR) is 92.1 cm³/mol. The molecule has 7 heteroatoms. The molecule has 0 atom stereocenters. The highest BCUT2D eigenvalue weighted by Gasteiger charge is 2.16. The van der Waals surface area contributed by atoms with Crippen LogP contribution in [0, 0.1) is 6.92 Å². The molecule has 1 amide bonds. The molecule has 5 nitrogen and oxygen atoms in total. The van der Waals surface area contributed by atoms with Crippen LogP contribution in [0.1, 0.15) is 28.6 Å². The van der Waals surface area contributed by atoms with E-state index in [4.69, 9.17) is 5.73 Å². The Morgan fingerprint density at radius 2 is 2.24 bits per heavy atom. The first-order valence-electron chi connectivity index (χ1n) is 6.59. The molecule has 2 rings (SSSR count). The number of hydrogen-bond acceptors (Lipinski definition) is 5. The minimum atomic E-state index is -0.236. The van der Waals surface area contributed by atoms with Crippen LogP contribution >= 0.6 is 27.3 Å². The van der Waals surface area contributed by atoms with Gasteiger partial charge in [0.25, 0.3) is 5.91 Å². The van der Waals surface area contributed by atoms with E-state index in [9.17, 15) is 4.79 Å². The lowest BCUT2D eigenvalue weighted by Crippen LogP contribution is -2.13. The summed E-state index contributed by atoms with van der Waals surface area (Å²) in [6.45, 7) is 4.80. The van der Waals surface area contributed by atoms with Gasteiger partial charge in [-0.05, 0) is 37.1 Å². The molecule has 21 heavy (non-hydrogen) atoms. The standard InChI is InChI=1S/C14H17BrN4OS/c1-3-6-17-14-19-12(16)11(21-14)13(20)18-10-5-4-9(15)7-8(10)2/h4-5,7H,3,6,16H2,1-2H3,(H,17,19)(H,18,20). The first-order valence-corrected chi connectivity index (χ1v) is 8.20. The number of amides is 1. The fourth-order valence-electron chi connectivity index (χ4n) is 1.75. The first-order chi connectivity index (χ1) is 10.0. The number of nitrogens with two attached hydrogens (primary N) is 1. The minimum Gasteiger partial charge on any atom is -0.382 e. The van der Waals surface area contributed by atoms with Crippen LogP contribution in [0.5, 0.6) is 0 Å². The van der Waals surface area contributed by atoms with E-state index in [1.54, 1.807) is 0 Å². The maximum Gasteiger partial charge on any atom is 0.269 e. The Morgan fingerprint density at radius 3 is 2.90 bits per heavy atom. The number of anilines is 3. The third-order valence-electron chi connectivity index (χ3n) is 2.82. The number of carbonyl (C=O) groups is 1. The Kier molecular flexibility index (Phi) is 5.19. The van der Waals surface area contributed by atoms with Crippen molar-refractivity contribution in [3.8, 4) is 0 Å². The normalized spacial score (nSPS) is 10.4. The number of nitrogens with one attached hydrogen (secondary N) is 2. The lowest BCUT2D eigenvalue weighted by Gasteiger charge is -2.07. The quantitative estimate of drug-likeness (QED) is 0.748. The van der Waals surface area contributed by atoms with Gasteiger partial charge >= 0.3 is 0 Å². The van der Waals surface area contributed by atoms with E-state index < -0.39 is 0 Å². The number of thiazole rings is 1. The molecular formula is C14H17BrN4OS. The zero-order valence-corrected chi connectivity index (χ0v) is 14.3. The van der Waals surface area contributed by atoms with Gasteiger partial charge in [0.1, 0.15) is 10.7 Å². The average Bonchev–Trinajstić information content (AvgIpc) is 2.81. The lowest BCUT2D eigenvalue weighted by atomic mass is 10.2. The van der Waals surface area contributed by atoms with Gasteiger partial charge in [0.15, 0.2) is 5.13 Å². The summed E-state index contributed by atoms with van der Waals surface area (Å²) in [5.74, 6) is 0.0193. The Balaban J connectivity index is 2.14. The molecular weight excluding hydrogens is 352 g/mol. The van der Waals surface area contributed by atoms with Gasteiger partial charge in [-0.25, -0.2) is 4.98 Å². The Labute approximate surface area is 136 Å². The van der Waals surface area contributed by atoms with Crippen molar-refractivity contribution in [2.24, 2.45) is 0 Å². The van der Waals surface area contributed by atoms with Crippen LogP contribution in [0.15, 0.2) is 22.7 Å². The topological polar surface area (TPSA) is 80.0 Å². The monoisotopic (exact) mass is 368 g/mol. The van der Waals surface area contributed by atoms with Crippen LogP contribution < -0.4 is 16.4 Å². The van der Waals surface area contributed by atoms with E-state index in [-0.39, 0.29) is 11.7 Å². The van der Waals surface area contributed by atoms with Crippen LogP contribution in [-0.2, 0) is 0 Å². The summed E-state index contributed by atoms with van der Waals surface area (Å²) in [4.78, 5) is 16.9. The lowest BCUT2D eigenvalue weighted by molar-refractivity contribution is 0.103. The minimum absolute atomic E-state index is 0.236. The smallest absolute Gasteiger partial charge is 0.269 e. The van der Waals surface area contributed by atoms with Gasteiger partial charge in [0.2, 0.25) is 0 Å². The highest BCUT2D eigenvalue weighted by atomic mass is 79.9. The van der Waals surface area contributed by atoms with Gasteiger partial charge < -0.3 is 16.4 Å². The molecule has 4 N–H and O–H groups in total. The van der Waals surface area contributed by atoms with Crippen molar-refractivity contribution in [3.05, 3.63) is 33.1 Å². The number of nitrogen functional groups attached to an aromatic ring is 1. The molecule has 0 bridgehead atoms. The van der Waals surface area contributed by atoms with Crippen LogP contribution in [-0.4, -0.2) is 17.4 Å². The summed E-state index contributed by atoms with van der Waals surface area (Å²) in [5, 5.41) is 6.67. The fourth-order valence-corrected chi connectivity index (χ4v) is 3.03. The number of aryl methyl sites for hydroxylation is 1. The summed E-state index contributed by atoms with van der Waals surface area (Å²) in [6.07, 6.45) is 0.985. The zero-order chi connectivity index (χ0) is 15.4. The largest absolute Gasteiger partial charge is 0.382 e. The second-order valence-electron chi connectivity index (χ2n) is 4.57. The molecule has 0 spiro atoms. The van der Waals surface area contributed by atoms with Crippen molar-refractivity contribution in [2.75, 3.05) is 22.9 Å². The number of rotatable bonds is 5. The molecule has 2 aromatic rings. The van der Waals surface area contributed by atoms with Crippen molar-refractivity contribution < 1.29 is 4.79 Å². The van der Waals surface area contributed by atoms with Gasteiger partial charge in [-0.1, -0.05) is 34.2 Å². The van der Waals surface area contributed by atoms with E-state index in [2.05, 4.69) is 38.5 Å². The molecule has 1 heterocycles. The van der Waals surface area contributed by atoms with Crippen molar-refractivity contribution in [1.82, 2.24) is 4.98 Å². The van der Waals surface area contributed by atoms with E-state index in [1.807, 2.05) is 25.1 Å². The fraction of sp³-hybridized carbons (Fsp3) is 0.286. The van der Waals surface area contributed by atoms with E-state index in [1.165, 1.54) is 11.3 Å². The molecule has 0 fully saturated rings. The molecule has 0 aliphatic rings. The summed E-state index contributed by atoms with van der Waals surface area (Å²) in [7, 11) is 0. The van der Waals surface area contributed by atoms with Gasteiger partial charge in [-0.2, -0.15) is 0 Å². The van der Waals surface area contributed by atoms with Crippen LogP contribution in [0.25, 0.3) is 0 Å². The van der Waals surface area contributed by atoms with Crippen molar-refractivity contribution >= 4 is 49.8 Å². The molecule has 0 saturated carbocycles. The van der Waals surface area contributed by atoms with E-state index in [0.29, 0.717) is 10.0 Å². The molecule has 1 aromatic heterocycles. The number of halogens is 1. The molecule has 0 radical (unpaired) electrons. The summed E-state index contributed by atoms with van der Waals surface area (Å²) in [6, 6.07) is 5.68. The number of carbonyl (C=O) groups excluding carboxylic acids is 1. The van der Waals surface area contributed by atoms with Gasteiger partial charge in [0, 0.05) is 16.7 Å². The maximum absolute atomic E-state index is 12.3. The number of benzene rings is 1. The highest BCUT2D eigenvalue weighted by molar-refractivity contribution is 9.10. The van der Waals surface area contributed by atoms with E-state index >= 15 is 0 Å². The second-order valence-corrected chi connectivity index (χ2v) is 6.49. The molecule has 0 aliphatic heterocycles. The van der Waals surface area contributed by atoms with Gasteiger partial charge in [0.05, 0.1) is 0 Å². The second kappa shape index (κ2) is 6.91. The van der Waals surface area contributed by atoms with Crippen molar-refractivity contribution in [2.45, 2.75) is 20.3 Å². The number of hydrogen-bond donors (Lipinski definition) is 3. The molecule has 112 valence electrons. The molecule has 0 unspecified atom stereocenters. The SMILES string of the molecule is CCCNc1nc(N)c(C(=O)Nc2ccc(Br)cc2C)s1. The number of nitrogens with zero attached hydrogens (tertiary/aromatic N) is 1. The number of aromatic nitrogens is 1. The van der Waals surface area contributed by atoms with Crippen molar-refractivity contribution in [1.29, 1.82) is 0 Å². The summed E-state index contributed by atoms with van der Waals surface area (Å²) >= 11 is 4.66. The zero-order valence-electron chi connectivity index (χ0n) is 11.9. The summed E-state index contributed by atoms with van der Waals surface area (Å²) in [5.41, 5.74) is 7.56. The Bertz CT molecular complexity index is 656. The molecule has 0 saturated heterocycles. The highest BCUT2D eigenvalue weighted by Crippen LogP contribution is 2.27. The first kappa shape index (κ1) is 15.8. The third kappa shape index (κ3) is 3.95. The molecule has 0 aliphatic carbocycles. The Hall–Kier alpha value is -1.60. The maximum atomic E-state index is 12.3. The Morgan fingerprint density at radius 1 is 1.48 bits per heavy atom. The van der Waals surface area contributed by atoms with Crippen LogP contribution in [0.2, 0.25) is 0 Å². The van der Waals surface area contributed by atoms with Crippen LogP contribution in [0.3, 0.4) is 0 Å². The third-order valence-corrected chi connectivity index (χ3v) is 4.34. The van der Waals surface area contributed by atoms with Crippen molar-refractivity contribution in [3.63, 3.8) is 0 Å². The van der Waals surface area contributed by atoms with Gasteiger partial charge in [-0.15, -0.1) is 0 Å².